The molecule has 0 bridgehead atoms. The van der Waals surface area contributed by atoms with Gasteiger partial charge in [0.1, 0.15) is 0 Å². The minimum absolute atomic E-state index is 0.187. The van der Waals surface area contributed by atoms with E-state index in [2.05, 4.69) is 37.8 Å². The fraction of sp³-hybridized carbons (Fsp3) is 0.400. The van der Waals surface area contributed by atoms with Crippen LogP contribution < -0.4 is 10.6 Å². The smallest absolute Gasteiger partial charge is 0.411 e. The predicted molar refractivity (Wildman–Crippen MR) is 177 cm³/mol. The number of hydrogen-bond acceptors (Lipinski definition) is 7. The molecule has 45 heavy (non-hydrogen) atoms. The van der Waals surface area contributed by atoms with Gasteiger partial charge in [-0.3, -0.25) is 9.69 Å². The maximum Gasteiger partial charge on any atom is 0.411 e. The summed E-state index contributed by atoms with van der Waals surface area (Å²) in [6.45, 7) is 12.2. The van der Waals surface area contributed by atoms with Gasteiger partial charge in [0.2, 0.25) is 0 Å². The van der Waals surface area contributed by atoms with Crippen LogP contribution in [-0.2, 0) is 9.47 Å². The maximum absolute atomic E-state index is 14.1. The molecule has 0 radical (unpaired) electrons. The second-order valence-electron chi connectivity index (χ2n) is 12.7. The van der Waals surface area contributed by atoms with Gasteiger partial charge >= 0.3 is 6.09 Å². The molecule has 1 fully saturated rings. The number of benzene rings is 3. The Balaban J connectivity index is 1.27. The van der Waals surface area contributed by atoms with Crippen LogP contribution in [0.5, 0.6) is 0 Å². The van der Waals surface area contributed by atoms with E-state index in [-0.39, 0.29) is 11.2 Å². The maximum atomic E-state index is 14.1. The zero-order valence-electron chi connectivity index (χ0n) is 26.5. The highest BCUT2D eigenvalue weighted by Crippen LogP contribution is 2.45. The Morgan fingerprint density at radius 2 is 1.60 bits per heavy atom. The molecule has 0 N–H and O–H groups in total. The van der Waals surface area contributed by atoms with E-state index in [0.29, 0.717) is 41.4 Å². The van der Waals surface area contributed by atoms with Crippen LogP contribution in [0.3, 0.4) is 0 Å². The van der Waals surface area contributed by atoms with Gasteiger partial charge in [-0.1, -0.05) is 66.2 Å². The van der Waals surface area contributed by atoms with Crippen LogP contribution in [0.25, 0.3) is 22.0 Å². The lowest BCUT2D eigenvalue weighted by Crippen LogP contribution is -2.56. The van der Waals surface area contributed by atoms with Crippen molar-refractivity contribution in [2.75, 3.05) is 51.4 Å². The second kappa shape index (κ2) is 12.5. The number of carbonyl (C=O) groups excluding carboxylic acids is 1. The van der Waals surface area contributed by atoms with Crippen molar-refractivity contribution in [2.45, 2.75) is 45.4 Å². The Labute approximate surface area is 268 Å². The predicted octanol–water partition coefficient (Wildman–Crippen LogP) is 6.02. The Bertz CT molecular complexity index is 1730. The highest BCUT2D eigenvalue weighted by Gasteiger charge is 2.34. The number of amides is 1. The molecule has 3 aromatic carbocycles. The highest BCUT2D eigenvalue weighted by atomic mass is 35.5. The molecule has 6 rings (SSSR count). The third-order valence-electron chi connectivity index (χ3n) is 8.66. The van der Waals surface area contributed by atoms with Crippen LogP contribution in [0.4, 0.5) is 4.79 Å². The summed E-state index contributed by atoms with van der Waals surface area (Å²) in [4.78, 5) is 36.7. The minimum atomic E-state index is -0.585. The standard InChI is InChI=1S/C35H40ClN5O4/c1-23(38(5)34(43)45-31-26-13-8-6-11-24(26)25-12-7-9-14-27(25)31)32-37-29-16-10-15-28(36)30(29)33(42)41(32)40-19-17-39(18-20-40)21-22-44-35(2,3)4/h6-16,23,31H,17-22H2,1-5H3/t23-/m0/s1. The summed E-state index contributed by atoms with van der Waals surface area (Å²) in [5.74, 6) is 0.450. The van der Waals surface area contributed by atoms with Gasteiger partial charge in [-0.25, -0.2) is 14.5 Å². The van der Waals surface area contributed by atoms with Crippen molar-refractivity contribution in [1.82, 2.24) is 19.5 Å². The molecule has 0 spiro atoms. The first-order valence-corrected chi connectivity index (χ1v) is 15.9. The lowest BCUT2D eigenvalue weighted by molar-refractivity contribution is -0.0139. The Morgan fingerprint density at radius 3 is 2.22 bits per heavy atom. The molecule has 236 valence electrons. The molecule has 1 aliphatic heterocycles. The first-order chi connectivity index (χ1) is 21.5. The molecular formula is C35H40ClN5O4. The number of carbonyl (C=O) groups is 1. The van der Waals surface area contributed by atoms with Crippen molar-refractivity contribution in [3.05, 3.63) is 99.1 Å². The quantitative estimate of drug-likeness (QED) is 0.247. The Morgan fingerprint density at radius 1 is 0.978 bits per heavy atom. The fourth-order valence-corrected chi connectivity index (χ4v) is 6.39. The molecule has 1 atom stereocenters. The van der Waals surface area contributed by atoms with Crippen LogP contribution >= 0.6 is 11.6 Å². The highest BCUT2D eigenvalue weighted by molar-refractivity contribution is 6.35. The number of rotatable bonds is 7. The van der Waals surface area contributed by atoms with Gasteiger partial charge in [0.15, 0.2) is 11.9 Å². The van der Waals surface area contributed by atoms with Crippen LogP contribution in [-0.4, -0.2) is 77.5 Å². The van der Waals surface area contributed by atoms with Crippen LogP contribution in [0.2, 0.25) is 5.02 Å². The molecular weight excluding hydrogens is 590 g/mol. The van der Waals surface area contributed by atoms with E-state index >= 15 is 0 Å². The van der Waals surface area contributed by atoms with E-state index in [1.54, 1.807) is 29.9 Å². The molecule has 1 saturated heterocycles. The first kappa shape index (κ1) is 31.1. The molecule has 0 unspecified atom stereocenters. The summed E-state index contributed by atoms with van der Waals surface area (Å²) in [7, 11) is 1.69. The van der Waals surface area contributed by atoms with E-state index < -0.39 is 18.2 Å². The molecule has 1 aliphatic carbocycles. The lowest BCUT2D eigenvalue weighted by atomic mass is 10.1. The normalized spacial score (nSPS) is 16.0. The zero-order valence-corrected chi connectivity index (χ0v) is 27.3. The van der Waals surface area contributed by atoms with Gasteiger partial charge < -0.3 is 19.4 Å². The van der Waals surface area contributed by atoms with Gasteiger partial charge in [-0.15, -0.1) is 0 Å². The topological polar surface area (TPSA) is 80.1 Å². The molecule has 10 heteroatoms. The average Bonchev–Trinajstić information content (AvgIpc) is 3.33. The van der Waals surface area contributed by atoms with Crippen LogP contribution in [0, 0.1) is 0 Å². The number of halogens is 1. The number of aromatic nitrogens is 2. The third kappa shape index (κ3) is 6.17. The van der Waals surface area contributed by atoms with Gasteiger partial charge in [0.05, 0.1) is 34.2 Å². The summed E-state index contributed by atoms with van der Waals surface area (Å²) in [5, 5.41) is 2.72. The summed E-state index contributed by atoms with van der Waals surface area (Å²) < 4.78 is 13.7. The summed E-state index contributed by atoms with van der Waals surface area (Å²) in [6.07, 6.45) is -1.03. The van der Waals surface area contributed by atoms with Crippen LogP contribution in [0.1, 0.15) is 56.8 Å². The van der Waals surface area contributed by atoms with Gasteiger partial charge in [-0.05, 0) is 51.0 Å². The fourth-order valence-electron chi connectivity index (χ4n) is 6.14. The van der Waals surface area contributed by atoms with Crippen molar-refractivity contribution in [3.63, 3.8) is 0 Å². The molecule has 0 saturated carbocycles. The third-order valence-corrected chi connectivity index (χ3v) is 8.98. The monoisotopic (exact) mass is 629 g/mol. The average molecular weight is 630 g/mol. The Hall–Kier alpha value is -3.92. The van der Waals surface area contributed by atoms with E-state index in [1.807, 2.05) is 48.3 Å². The van der Waals surface area contributed by atoms with Crippen molar-refractivity contribution < 1.29 is 14.3 Å². The molecule has 4 aromatic rings. The number of piperazine rings is 1. The van der Waals surface area contributed by atoms with Crippen molar-refractivity contribution in [2.24, 2.45) is 0 Å². The molecule has 2 heterocycles. The molecule has 1 amide bonds. The summed E-state index contributed by atoms with van der Waals surface area (Å²) in [5.41, 5.74) is 4.08. The van der Waals surface area contributed by atoms with Crippen molar-refractivity contribution in [1.29, 1.82) is 0 Å². The Kier molecular flexibility index (Phi) is 8.61. The van der Waals surface area contributed by atoms with Crippen LogP contribution in [0.15, 0.2) is 71.5 Å². The number of ether oxygens (including phenoxy) is 2. The summed E-state index contributed by atoms with van der Waals surface area (Å²) >= 11 is 6.53. The molecule has 1 aromatic heterocycles. The molecule has 9 nitrogen and oxygen atoms in total. The lowest BCUT2D eigenvalue weighted by Gasteiger charge is -2.39. The van der Waals surface area contributed by atoms with Gasteiger partial charge in [-0.2, -0.15) is 0 Å². The number of fused-ring (bicyclic) bond motifs is 4. The first-order valence-electron chi connectivity index (χ1n) is 15.5. The van der Waals surface area contributed by atoms with E-state index in [1.165, 1.54) is 4.90 Å². The number of nitrogens with zero attached hydrogens (tertiary/aromatic N) is 5. The molecule has 2 aliphatic rings. The van der Waals surface area contributed by atoms with Gasteiger partial charge in [0, 0.05) is 50.9 Å². The van der Waals surface area contributed by atoms with Gasteiger partial charge in [0.25, 0.3) is 5.56 Å². The van der Waals surface area contributed by atoms with E-state index in [9.17, 15) is 9.59 Å². The minimum Gasteiger partial charge on any atom is -0.436 e. The summed E-state index contributed by atoms with van der Waals surface area (Å²) in [6, 6.07) is 20.7. The van der Waals surface area contributed by atoms with Crippen molar-refractivity contribution in [3.8, 4) is 11.1 Å². The van der Waals surface area contributed by atoms with E-state index in [0.717, 1.165) is 41.9 Å². The van der Waals surface area contributed by atoms with Crippen molar-refractivity contribution >= 4 is 28.6 Å². The largest absolute Gasteiger partial charge is 0.436 e. The number of hydrogen-bond donors (Lipinski definition) is 0. The second-order valence-corrected chi connectivity index (χ2v) is 13.1. The van der Waals surface area contributed by atoms with E-state index in [4.69, 9.17) is 26.1 Å². The zero-order chi connectivity index (χ0) is 31.9. The SMILES string of the molecule is C[C@@H](c1nc2cccc(Cl)c2c(=O)n1N1CCN(CCOC(C)(C)C)CC1)N(C)C(=O)OC1c2ccccc2-c2ccccc21.